The zero-order chi connectivity index (χ0) is 14.1. The van der Waals surface area contributed by atoms with Gasteiger partial charge in [0.15, 0.2) is 4.96 Å². The number of rotatable bonds is 4. The number of aromatic nitrogens is 2. The van der Waals surface area contributed by atoms with Crippen molar-refractivity contribution in [1.29, 1.82) is 0 Å². The van der Waals surface area contributed by atoms with Crippen molar-refractivity contribution < 1.29 is 9.53 Å². The van der Waals surface area contributed by atoms with Gasteiger partial charge in [0.2, 0.25) is 0 Å². The third-order valence-electron chi connectivity index (χ3n) is 3.01. The summed E-state index contributed by atoms with van der Waals surface area (Å²) >= 11 is 3.23. The van der Waals surface area contributed by atoms with E-state index in [-0.39, 0.29) is 12.4 Å². The fraction of sp³-hybridized carbons (Fsp3) is 0.286. The lowest BCUT2D eigenvalue weighted by Gasteiger charge is -2.00. The second-order valence-electron chi connectivity index (χ2n) is 4.42. The lowest BCUT2D eigenvalue weighted by atomic mass is 10.2. The Morgan fingerprint density at radius 3 is 3.00 bits per heavy atom. The van der Waals surface area contributed by atoms with Crippen LogP contribution in [0.15, 0.2) is 23.0 Å². The van der Waals surface area contributed by atoms with Crippen molar-refractivity contribution >= 4 is 33.6 Å². The Morgan fingerprint density at radius 1 is 1.45 bits per heavy atom. The molecule has 3 heterocycles. The molecule has 104 valence electrons. The number of imidazole rings is 1. The zero-order valence-corrected chi connectivity index (χ0v) is 12.9. The van der Waals surface area contributed by atoms with Crippen LogP contribution in [0.3, 0.4) is 0 Å². The molecular formula is C14H14N2O2S2. The maximum absolute atomic E-state index is 11.6. The molecule has 0 saturated carbocycles. The van der Waals surface area contributed by atoms with E-state index in [1.807, 2.05) is 22.9 Å². The first kappa shape index (κ1) is 13.3. The number of thiophene rings is 1. The number of nitrogens with zero attached hydrogens (tertiary/aromatic N) is 2. The molecule has 0 N–H and O–H groups in total. The molecule has 0 amide bonds. The van der Waals surface area contributed by atoms with Gasteiger partial charge < -0.3 is 4.74 Å². The smallest absolute Gasteiger partial charge is 0.311 e. The number of hydrogen-bond acceptors (Lipinski definition) is 5. The van der Waals surface area contributed by atoms with Gasteiger partial charge in [-0.25, -0.2) is 4.98 Å². The lowest BCUT2D eigenvalue weighted by molar-refractivity contribution is -0.142. The fourth-order valence-corrected chi connectivity index (χ4v) is 3.82. The van der Waals surface area contributed by atoms with E-state index in [0.717, 1.165) is 16.3 Å². The molecule has 0 aliphatic heterocycles. The maximum atomic E-state index is 11.6. The van der Waals surface area contributed by atoms with Gasteiger partial charge in [0.05, 0.1) is 17.9 Å². The Bertz CT molecular complexity index is 754. The third kappa shape index (κ3) is 2.36. The van der Waals surface area contributed by atoms with Crippen molar-refractivity contribution in [2.24, 2.45) is 0 Å². The number of thiazole rings is 1. The molecule has 3 rings (SSSR count). The molecule has 0 unspecified atom stereocenters. The molecule has 3 aromatic heterocycles. The first-order valence-corrected chi connectivity index (χ1v) is 8.10. The molecule has 0 saturated heterocycles. The van der Waals surface area contributed by atoms with Crippen molar-refractivity contribution in [3.05, 3.63) is 34.3 Å². The van der Waals surface area contributed by atoms with Crippen molar-refractivity contribution in [3.63, 3.8) is 0 Å². The second-order valence-corrected chi connectivity index (χ2v) is 6.17. The average molecular weight is 306 g/mol. The number of ether oxygens (including phenoxy) is 1. The summed E-state index contributed by atoms with van der Waals surface area (Å²) in [7, 11) is 0. The first-order chi connectivity index (χ1) is 9.69. The average Bonchev–Trinajstić information content (AvgIpc) is 3.06. The molecule has 6 heteroatoms. The summed E-state index contributed by atoms with van der Waals surface area (Å²) in [6, 6.07) is 2.09. The number of aryl methyl sites for hydroxylation is 1. The Hall–Kier alpha value is -1.66. The zero-order valence-electron chi connectivity index (χ0n) is 11.3. The number of esters is 1. The minimum Gasteiger partial charge on any atom is -0.466 e. The minimum atomic E-state index is -0.199. The van der Waals surface area contributed by atoms with E-state index in [1.54, 1.807) is 22.7 Å². The van der Waals surface area contributed by atoms with E-state index in [4.69, 9.17) is 4.74 Å². The fourth-order valence-electron chi connectivity index (χ4n) is 2.06. The van der Waals surface area contributed by atoms with E-state index in [0.29, 0.717) is 6.61 Å². The SMILES string of the molecule is CCOC(=O)Cc1csc2nc(-c3sccc3C)cn12. The first-order valence-electron chi connectivity index (χ1n) is 6.34. The van der Waals surface area contributed by atoms with Crippen molar-refractivity contribution in [2.45, 2.75) is 20.3 Å². The van der Waals surface area contributed by atoms with Crippen LogP contribution in [0.1, 0.15) is 18.2 Å². The van der Waals surface area contributed by atoms with Gasteiger partial charge in [-0.05, 0) is 30.9 Å². The molecule has 0 radical (unpaired) electrons. The molecule has 0 aliphatic rings. The Labute approximate surface area is 124 Å². The van der Waals surface area contributed by atoms with Gasteiger partial charge in [-0.2, -0.15) is 0 Å². The van der Waals surface area contributed by atoms with Gasteiger partial charge in [-0.1, -0.05) is 0 Å². The van der Waals surface area contributed by atoms with Crippen molar-refractivity contribution in [1.82, 2.24) is 9.38 Å². The predicted molar refractivity (Wildman–Crippen MR) is 81.5 cm³/mol. The number of fused-ring (bicyclic) bond motifs is 1. The summed E-state index contributed by atoms with van der Waals surface area (Å²) in [4.78, 5) is 18.3. The quantitative estimate of drug-likeness (QED) is 0.693. The van der Waals surface area contributed by atoms with Gasteiger partial charge >= 0.3 is 5.97 Å². The van der Waals surface area contributed by atoms with E-state index < -0.39 is 0 Å². The van der Waals surface area contributed by atoms with Crippen LogP contribution in [0.25, 0.3) is 15.5 Å². The highest BCUT2D eigenvalue weighted by molar-refractivity contribution is 7.15. The Balaban J connectivity index is 1.95. The molecule has 4 nitrogen and oxygen atoms in total. The highest BCUT2D eigenvalue weighted by atomic mass is 32.1. The van der Waals surface area contributed by atoms with Crippen LogP contribution in [0, 0.1) is 6.92 Å². The number of carbonyl (C=O) groups excluding carboxylic acids is 1. The summed E-state index contributed by atoms with van der Waals surface area (Å²) in [5, 5.41) is 4.03. The Kier molecular flexibility index (Phi) is 3.58. The van der Waals surface area contributed by atoms with Gasteiger partial charge in [-0.3, -0.25) is 9.20 Å². The van der Waals surface area contributed by atoms with E-state index in [1.165, 1.54) is 10.4 Å². The summed E-state index contributed by atoms with van der Waals surface area (Å²) in [6.45, 7) is 4.31. The normalized spacial score (nSPS) is 11.1. The summed E-state index contributed by atoms with van der Waals surface area (Å²) in [5.41, 5.74) is 3.12. The minimum absolute atomic E-state index is 0.199. The van der Waals surface area contributed by atoms with Gasteiger partial charge in [0.25, 0.3) is 0 Å². The maximum Gasteiger partial charge on any atom is 0.311 e. The van der Waals surface area contributed by atoms with Crippen LogP contribution in [0.4, 0.5) is 0 Å². The molecule has 0 aliphatic carbocycles. The van der Waals surface area contributed by atoms with E-state index in [9.17, 15) is 4.79 Å². The van der Waals surface area contributed by atoms with Gasteiger partial charge in [-0.15, -0.1) is 22.7 Å². The van der Waals surface area contributed by atoms with Gasteiger partial charge in [0, 0.05) is 17.3 Å². The van der Waals surface area contributed by atoms with Crippen LogP contribution >= 0.6 is 22.7 Å². The molecule has 20 heavy (non-hydrogen) atoms. The van der Waals surface area contributed by atoms with Gasteiger partial charge in [0.1, 0.15) is 5.69 Å². The van der Waals surface area contributed by atoms with Crippen LogP contribution in [-0.2, 0) is 16.0 Å². The molecule has 3 aromatic rings. The lowest BCUT2D eigenvalue weighted by Crippen LogP contribution is -2.08. The monoisotopic (exact) mass is 306 g/mol. The van der Waals surface area contributed by atoms with E-state index in [2.05, 4.69) is 23.4 Å². The summed E-state index contributed by atoms with van der Waals surface area (Å²) < 4.78 is 6.98. The predicted octanol–water partition coefficient (Wildman–Crippen LogP) is 3.54. The summed E-state index contributed by atoms with van der Waals surface area (Å²) in [6.07, 6.45) is 2.28. The topological polar surface area (TPSA) is 43.6 Å². The highest BCUT2D eigenvalue weighted by Crippen LogP contribution is 2.30. The molecule has 0 fully saturated rings. The standard InChI is InChI=1S/C14H14N2O2S2/c1-3-18-12(17)6-10-8-20-14-15-11(7-16(10)14)13-9(2)4-5-19-13/h4-5,7-8H,3,6H2,1-2H3. The highest BCUT2D eigenvalue weighted by Gasteiger charge is 2.14. The largest absolute Gasteiger partial charge is 0.466 e. The van der Waals surface area contributed by atoms with Crippen LogP contribution in [0.2, 0.25) is 0 Å². The van der Waals surface area contributed by atoms with Crippen LogP contribution in [0.5, 0.6) is 0 Å². The molecule has 0 atom stereocenters. The van der Waals surface area contributed by atoms with Crippen LogP contribution < -0.4 is 0 Å². The van der Waals surface area contributed by atoms with Crippen LogP contribution in [-0.4, -0.2) is 22.0 Å². The molecular weight excluding hydrogens is 292 g/mol. The van der Waals surface area contributed by atoms with Crippen molar-refractivity contribution in [2.75, 3.05) is 6.61 Å². The second kappa shape index (κ2) is 5.38. The third-order valence-corrected chi connectivity index (χ3v) is 4.94. The molecule has 0 aromatic carbocycles. The summed E-state index contributed by atoms with van der Waals surface area (Å²) in [5.74, 6) is -0.199. The molecule has 0 bridgehead atoms. The number of hydrogen-bond donors (Lipinski definition) is 0. The van der Waals surface area contributed by atoms with E-state index >= 15 is 0 Å². The molecule has 0 spiro atoms. The number of carbonyl (C=O) groups is 1. The Morgan fingerprint density at radius 2 is 2.30 bits per heavy atom. The van der Waals surface area contributed by atoms with Crippen molar-refractivity contribution in [3.8, 4) is 10.6 Å².